The summed E-state index contributed by atoms with van der Waals surface area (Å²) in [7, 11) is -4.10. The van der Waals surface area contributed by atoms with Crippen molar-refractivity contribution in [1.29, 1.82) is 0 Å². The number of nitrogens with zero attached hydrogens (tertiary/aromatic N) is 2. The van der Waals surface area contributed by atoms with Gasteiger partial charge >= 0.3 is 6.18 Å². The molecule has 0 aliphatic carbocycles. The predicted octanol–water partition coefficient (Wildman–Crippen LogP) is 1.54. The molecule has 1 amide bonds. The third-order valence-corrected chi connectivity index (χ3v) is 6.34. The Morgan fingerprint density at radius 3 is 2.28 bits per heavy atom. The number of sulfonamides is 1. The van der Waals surface area contributed by atoms with Crippen molar-refractivity contribution in [3.05, 3.63) is 28.8 Å². The molecule has 1 aliphatic rings. The van der Waals surface area contributed by atoms with Crippen molar-refractivity contribution in [3.8, 4) is 0 Å². The van der Waals surface area contributed by atoms with E-state index in [9.17, 15) is 26.4 Å². The van der Waals surface area contributed by atoms with Crippen LogP contribution in [0.2, 0.25) is 5.02 Å². The van der Waals surface area contributed by atoms with Crippen molar-refractivity contribution in [2.45, 2.75) is 24.0 Å². The van der Waals surface area contributed by atoms with E-state index in [0.717, 1.165) is 16.4 Å². The van der Waals surface area contributed by atoms with Crippen LogP contribution in [0.3, 0.4) is 0 Å². The maximum absolute atomic E-state index is 12.9. The number of carbonyl (C=O) groups is 1. The molecule has 0 aromatic heterocycles. The third-order valence-electron chi connectivity index (χ3n) is 4.11. The Hall–Kier alpha value is -1.36. The van der Waals surface area contributed by atoms with Crippen LogP contribution in [0, 0.1) is 0 Å². The van der Waals surface area contributed by atoms with Gasteiger partial charge in [0.05, 0.1) is 21.5 Å². The minimum atomic E-state index is -4.75. The maximum atomic E-state index is 12.9. The van der Waals surface area contributed by atoms with E-state index in [1.807, 2.05) is 0 Å². The Kier molecular flexibility index (Phi) is 5.67. The van der Waals surface area contributed by atoms with E-state index in [2.05, 4.69) is 0 Å². The molecule has 1 fully saturated rings. The summed E-state index contributed by atoms with van der Waals surface area (Å²) < 4.78 is 65.1. The summed E-state index contributed by atoms with van der Waals surface area (Å²) in [5, 5.41) is -0.563. The van der Waals surface area contributed by atoms with Gasteiger partial charge in [0.25, 0.3) is 0 Å². The van der Waals surface area contributed by atoms with Crippen molar-refractivity contribution < 1.29 is 26.4 Å². The second-order valence-electron chi connectivity index (χ2n) is 5.66. The minimum absolute atomic E-state index is 0.0456. The average Bonchev–Trinajstić information content (AvgIpc) is 2.53. The van der Waals surface area contributed by atoms with Gasteiger partial charge in [-0.25, -0.2) is 8.42 Å². The second-order valence-corrected chi connectivity index (χ2v) is 8.00. The maximum Gasteiger partial charge on any atom is 0.417 e. The van der Waals surface area contributed by atoms with Crippen LogP contribution in [-0.2, 0) is 21.0 Å². The molecule has 2 rings (SSSR count). The largest absolute Gasteiger partial charge is 0.417 e. The van der Waals surface area contributed by atoms with Gasteiger partial charge in [0.1, 0.15) is 0 Å². The molecule has 0 spiro atoms. The fraction of sp³-hybridized carbons (Fsp3) is 0.500. The van der Waals surface area contributed by atoms with Crippen LogP contribution in [-0.4, -0.2) is 55.8 Å². The molecule has 2 N–H and O–H groups in total. The first kappa shape index (κ1) is 20.0. The van der Waals surface area contributed by atoms with Gasteiger partial charge in [-0.1, -0.05) is 11.6 Å². The molecule has 1 atom stereocenters. The summed E-state index contributed by atoms with van der Waals surface area (Å²) in [5.41, 5.74) is 4.02. The first-order valence-corrected chi connectivity index (χ1v) is 9.16. The zero-order valence-electron chi connectivity index (χ0n) is 13.3. The topological polar surface area (TPSA) is 83.7 Å². The molecule has 0 bridgehead atoms. The van der Waals surface area contributed by atoms with Gasteiger partial charge in [0.15, 0.2) is 0 Å². The van der Waals surface area contributed by atoms with Crippen LogP contribution in [0.5, 0.6) is 0 Å². The molecular formula is C14H17ClF3N3O3S. The summed E-state index contributed by atoms with van der Waals surface area (Å²) in [6.45, 7) is 2.21. The number of primary amides is 1. The second kappa shape index (κ2) is 7.10. The Morgan fingerprint density at radius 2 is 1.80 bits per heavy atom. The number of halogens is 4. The molecule has 0 saturated carbocycles. The first-order chi connectivity index (χ1) is 11.4. The van der Waals surface area contributed by atoms with E-state index < -0.39 is 43.6 Å². The number of nitrogens with two attached hydrogens (primary N) is 1. The molecule has 25 heavy (non-hydrogen) atoms. The lowest BCUT2D eigenvalue weighted by Crippen LogP contribution is -2.54. The fourth-order valence-electron chi connectivity index (χ4n) is 2.54. The highest BCUT2D eigenvalue weighted by atomic mass is 35.5. The summed E-state index contributed by atoms with van der Waals surface area (Å²) in [4.78, 5) is 12.4. The molecule has 1 aliphatic heterocycles. The van der Waals surface area contributed by atoms with Gasteiger partial charge < -0.3 is 5.73 Å². The Labute approximate surface area is 148 Å². The van der Waals surface area contributed by atoms with E-state index in [4.69, 9.17) is 17.3 Å². The molecule has 1 heterocycles. The van der Waals surface area contributed by atoms with Gasteiger partial charge in [-0.2, -0.15) is 17.5 Å². The Bertz CT molecular complexity index is 762. The fourth-order valence-corrected chi connectivity index (χ4v) is 4.22. The number of hydrogen-bond acceptors (Lipinski definition) is 4. The first-order valence-electron chi connectivity index (χ1n) is 7.35. The lowest BCUT2D eigenvalue weighted by molar-refractivity contribution is -0.137. The van der Waals surface area contributed by atoms with Crippen LogP contribution in [0.15, 0.2) is 23.1 Å². The van der Waals surface area contributed by atoms with E-state index >= 15 is 0 Å². The van der Waals surface area contributed by atoms with E-state index in [-0.39, 0.29) is 26.2 Å². The van der Waals surface area contributed by atoms with Gasteiger partial charge in [0.2, 0.25) is 15.9 Å². The van der Waals surface area contributed by atoms with Crippen LogP contribution in [0.1, 0.15) is 12.5 Å². The van der Waals surface area contributed by atoms with Crippen molar-refractivity contribution in [2.24, 2.45) is 5.73 Å². The standard InChI is InChI=1S/C14H17ClF3N3O3S/c1-9(13(19)22)20-4-6-21(7-5-20)25(23,24)10-2-3-12(15)11(8-10)14(16,17)18/h2-3,8-9H,4-7H2,1H3,(H2,19,22)/t9-/m0/s1. The smallest absolute Gasteiger partial charge is 0.368 e. The normalized spacial score (nSPS) is 18.9. The lowest BCUT2D eigenvalue weighted by atomic mass is 10.2. The monoisotopic (exact) mass is 399 g/mol. The quantitative estimate of drug-likeness (QED) is 0.832. The van der Waals surface area contributed by atoms with Crippen molar-refractivity contribution in [1.82, 2.24) is 9.21 Å². The number of amides is 1. The minimum Gasteiger partial charge on any atom is -0.368 e. The Morgan fingerprint density at radius 1 is 1.24 bits per heavy atom. The van der Waals surface area contributed by atoms with E-state index in [1.54, 1.807) is 11.8 Å². The highest BCUT2D eigenvalue weighted by Crippen LogP contribution is 2.36. The third kappa shape index (κ3) is 4.25. The zero-order chi connectivity index (χ0) is 19.0. The van der Waals surface area contributed by atoms with Crippen LogP contribution < -0.4 is 5.73 Å². The molecule has 140 valence electrons. The number of rotatable bonds is 4. The summed E-state index contributed by atoms with van der Waals surface area (Å²) >= 11 is 5.52. The molecule has 0 unspecified atom stereocenters. The van der Waals surface area contributed by atoms with Crippen LogP contribution in [0.25, 0.3) is 0 Å². The highest BCUT2D eigenvalue weighted by molar-refractivity contribution is 7.89. The molecular weight excluding hydrogens is 383 g/mol. The number of hydrogen-bond donors (Lipinski definition) is 1. The molecule has 1 aromatic rings. The number of carbonyl (C=O) groups excluding carboxylic acids is 1. The van der Waals surface area contributed by atoms with Gasteiger partial charge in [-0.3, -0.25) is 9.69 Å². The zero-order valence-corrected chi connectivity index (χ0v) is 14.8. The number of alkyl halides is 3. The Balaban J connectivity index is 2.22. The van der Waals surface area contributed by atoms with Crippen LogP contribution in [0.4, 0.5) is 13.2 Å². The average molecular weight is 400 g/mol. The van der Waals surface area contributed by atoms with E-state index in [0.29, 0.717) is 6.07 Å². The summed E-state index contributed by atoms with van der Waals surface area (Å²) in [5.74, 6) is -0.524. The van der Waals surface area contributed by atoms with Crippen LogP contribution >= 0.6 is 11.6 Å². The van der Waals surface area contributed by atoms with Crippen molar-refractivity contribution >= 4 is 27.5 Å². The van der Waals surface area contributed by atoms with E-state index in [1.165, 1.54) is 0 Å². The summed E-state index contributed by atoms with van der Waals surface area (Å²) in [6, 6.07) is 1.96. The predicted molar refractivity (Wildman–Crippen MR) is 85.4 cm³/mol. The van der Waals surface area contributed by atoms with Crippen molar-refractivity contribution in [3.63, 3.8) is 0 Å². The summed E-state index contributed by atoms with van der Waals surface area (Å²) in [6.07, 6.45) is -4.75. The lowest BCUT2D eigenvalue weighted by Gasteiger charge is -2.36. The van der Waals surface area contributed by atoms with Gasteiger partial charge in [-0.05, 0) is 25.1 Å². The molecule has 0 radical (unpaired) electrons. The number of benzene rings is 1. The molecule has 11 heteroatoms. The SMILES string of the molecule is C[C@@H](C(N)=O)N1CCN(S(=O)(=O)c2ccc(Cl)c(C(F)(F)F)c2)CC1. The highest BCUT2D eigenvalue weighted by Gasteiger charge is 2.36. The molecule has 1 aromatic carbocycles. The van der Waals surface area contributed by atoms with Crippen molar-refractivity contribution in [2.75, 3.05) is 26.2 Å². The number of piperazine rings is 1. The molecule has 1 saturated heterocycles. The van der Waals surface area contributed by atoms with Gasteiger partial charge in [-0.15, -0.1) is 0 Å². The molecule has 6 nitrogen and oxygen atoms in total. The van der Waals surface area contributed by atoms with Gasteiger partial charge in [0, 0.05) is 26.2 Å².